The van der Waals surface area contributed by atoms with Crippen LogP contribution in [-0.2, 0) is 6.54 Å². The first-order valence-electron chi connectivity index (χ1n) is 5.48. The van der Waals surface area contributed by atoms with Gasteiger partial charge in [0.15, 0.2) is 0 Å². The minimum Gasteiger partial charge on any atom is -0.393 e. The first kappa shape index (κ1) is 12.7. The number of aliphatic hydroxyl groups is 1. The summed E-state index contributed by atoms with van der Waals surface area (Å²) in [5, 5.41) is 18.1. The monoisotopic (exact) mass is 218 g/mol. The highest BCUT2D eigenvalue weighted by Crippen LogP contribution is 2.10. The van der Waals surface area contributed by atoms with E-state index in [1.807, 2.05) is 31.3 Å². The number of nitrogens with zero attached hydrogens (tertiary/aromatic N) is 2. The zero-order chi connectivity index (χ0) is 12.0. The van der Waals surface area contributed by atoms with E-state index in [-0.39, 0.29) is 6.10 Å². The van der Waals surface area contributed by atoms with Crippen molar-refractivity contribution in [2.45, 2.75) is 26.0 Å². The summed E-state index contributed by atoms with van der Waals surface area (Å²) in [6, 6.07) is 9.81. The zero-order valence-electron chi connectivity index (χ0n) is 9.85. The Kier molecular flexibility index (Phi) is 4.97. The molecule has 86 valence electrons. The maximum atomic E-state index is 9.19. The third kappa shape index (κ3) is 4.01. The van der Waals surface area contributed by atoms with Crippen molar-refractivity contribution in [3.63, 3.8) is 0 Å². The lowest BCUT2D eigenvalue weighted by Crippen LogP contribution is -2.22. The average Bonchev–Trinajstić information content (AvgIpc) is 2.27. The maximum Gasteiger partial charge on any atom is 0.0995 e. The fraction of sp³-hybridized carbons (Fsp3) is 0.462. The summed E-state index contributed by atoms with van der Waals surface area (Å²) < 4.78 is 0. The van der Waals surface area contributed by atoms with Crippen LogP contribution < -0.4 is 0 Å². The van der Waals surface area contributed by atoms with Crippen molar-refractivity contribution >= 4 is 0 Å². The van der Waals surface area contributed by atoms with Crippen LogP contribution in [0.15, 0.2) is 24.3 Å². The number of hydrogen-bond donors (Lipinski definition) is 1. The molecule has 0 saturated heterocycles. The SMILES string of the molecule is CC(O)CCN(C)Cc1ccccc1C#N. The van der Waals surface area contributed by atoms with Gasteiger partial charge in [-0.15, -0.1) is 0 Å². The van der Waals surface area contributed by atoms with Crippen molar-refractivity contribution in [2.24, 2.45) is 0 Å². The van der Waals surface area contributed by atoms with Crippen LogP contribution in [-0.4, -0.2) is 29.7 Å². The molecule has 0 amide bonds. The summed E-state index contributed by atoms with van der Waals surface area (Å²) in [5.41, 5.74) is 1.77. The van der Waals surface area contributed by atoms with Crippen molar-refractivity contribution < 1.29 is 5.11 Å². The molecule has 16 heavy (non-hydrogen) atoms. The number of benzene rings is 1. The smallest absolute Gasteiger partial charge is 0.0995 e. The lowest BCUT2D eigenvalue weighted by Gasteiger charge is -2.18. The quantitative estimate of drug-likeness (QED) is 0.819. The summed E-state index contributed by atoms with van der Waals surface area (Å²) in [7, 11) is 2.00. The fourth-order valence-corrected chi connectivity index (χ4v) is 1.54. The summed E-state index contributed by atoms with van der Waals surface area (Å²) in [6.45, 7) is 3.37. The van der Waals surface area contributed by atoms with Crippen molar-refractivity contribution in [1.82, 2.24) is 4.90 Å². The molecular weight excluding hydrogens is 200 g/mol. The van der Waals surface area contributed by atoms with Gasteiger partial charge in [0.2, 0.25) is 0 Å². The van der Waals surface area contributed by atoms with Gasteiger partial charge in [0, 0.05) is 13.1 Å². The van der Waals surface area contributed by atoms with Gasteiger partial charge >= 0.3 is 0 Å². The number of hydrogen-bond acceptors (Lipinski definition) is 3. The molecule has 0 aromatic heterocycles. The molecular formula is C13H18N2O. The van der Waals surface area contributed by atoms with E-state index in [9.17, 15) is 5.11 Å². The van der Waals surface area contributed by atoms with Crippen LogP contribution in [0.2, 0.25) is 0 Å². The Bertz CT molecular complexity index is 368. The van der Waals surface area contributed by atoms with Crippen LogP contribution in [0.25, 0.3) is 0 Å². The summed E-state index contributed by atoms with van der Waals surface area (Å²) >= 11 is 0. The third-order valence-corrected chi connectivity index (χ3v) is 2.51. The first-order chi connectivity index (χ1) is 7.63. The lowest BCUT2D eigenvalue weighted by molar-refractivity contribution is 0.163. The Balaban J connectivity index is 2.56. The molecule has 1 atom stereocenters. The van der Waals surface area contributed by atoms with Gasteiger partial charge in [-0.05, 0) is 32.0 Å². The van der Waals surface area contributed by atoms with E-state index in [0.717, 1.165) is 30.6 Å². The number of rotatable bonds is 5. The molecule has 3 heteroatoms. The van der Waals surface area contributed by atoms with E-state index in [1.165, 1.54) is 0 Å². The summed E-state index contributed by atoms with van der Waals surface area (Å²) in [6.07, 6.45) is 0.485. The summed E-state index contributed by atoms with van der Waals surface area (Å²) in [5.74, 6) is 0. The van der Waals surface area contributed by atoms with Gasteiger partial charge in [0.25, 0.3) is 0 Å². The number of aliphatic hydroxyl groups excluding tert-OH is 1. The molecule has 1 aromatic carbocycles. The fourth-order valence-electron chi connectivity index (χ4n) is 1.54. The Morgan fingerprint density at radius 2 is 2.12 bits per heavy atom. The molecule has 3 nitrogen and oxygen atoms in total. The highest BCUT2D eigenvalue weighted by molar-refractivity contribution is 5.37. The largest absolute Gasteiger partial charge is 0.393 e. The molecule has 0 aliphatic heterocycles. The minimum absolute atomic E-state index is 0.270. The Hall–Kier alpha value is -1.37. The minimum atomic E-state index is -0.270. The van der Waals surface area contributed by atoms with E-state index < -0.39 is 0 Å². The Morgan fingerprint density at radius 3 is 2.75 bits per heavy atom. The van der Waals surface area contributed by atoms with Gasteiger partial charge < -0.3 is 10.0 Å². The molecule has 0 bridgehead atoms. The van der Waals surface area contributed by atoms with E-state index in [1.54, 1.807) is 6.92 Å². The van der Waals surface area contributed by atoms with Crippen molar-refractivity contribution in [3.05, 3.63) is 35.4 Å². The van der Waals surface area contributed by atoms with Gasteiger partial charge in [-0.3, -0.25) is 0 Å². The van der Waals surface area contributed by atoms with Gasteiger partial charge in [-0.25, -0.2) is 0 Å². The van der Waals surface area contributed by atoms with Crippen LogP contribution in [0.5, 0.6) is 0 Å². The molecule has 1 N–H and O–H groups in total. The second kappa shape index (κ2) is 6.26. The van der Waals surface area contributed by atoms with Crippen molar-refractivity contribution in [2.75, 3.05) is 13.6 Å². The van der Waals surface area contributed by atoms with Crippen molar-refractivity contribution in [1.29, 1.82) is 5.26 Å². The van der Waals surface area contributed by atoms with Crippen LogP contribution in [0, 0.1) is 11.3 Å². The van der Waals surface area contributed by atoms with Crippen LogP contribution in [0.1, 0.15) is 24.5 Å². The topological polar surface area (TPSA) is 47.3 Å². The van der Waals surface area contributed by atoms with Gasteiger partial charge in [0.05, 0.1) is 17.7 Å². The van der Waals surface area contributed by atoms with Crippen molar-refractivity contribution in [3.8, 4) is 6.07 Å². The third-order valence-electron chi connectivity index (χ3n) is 2.51. The predicted molar refractivity (Wildman–Crippen MR) is 63.8 cm³/mol. The molecule has 0 spiro atoms. The summed E-state index contributed by atoms with van der Waals surface area (Å²) in [4.78, 5) is 2.11. The normalized spacial score (nSPS) is 12.4. The zero-order valence-corrected chi connectivity index (χ0v) is 9.85. The first-order valence-corrected chi connectivity index (χ1v) is 5.48. The molecule has 0 radical (unpaired) electrons. The van der Waals surface area contributed by atoms with E-state index in [4.69, 9.17) is 5.26 Å². The Labute approximate surface area is 96.9 Å². The molecule has 1 unspecified atom stereocenters. The Morgan fingerprint density at radius 1 is 1.44 bits per heavy atom. The molecule has 0 aliphatic carbocycles. The average molecular weight is 218 g/mol. The second-order valence-corrected chi connectivity index (χ2v) is 4.14. The molecule has 0 aliphatic rings. The maximum absolute atomic E-state index is 9.19. The second-order valence-electron chi connectivity index (χ2n) is 4.14. The van der Waals surface area contributed by atoms with Crippen LogP contribution in [0.4, 0.5) is 0 Å². The van der Waals surface area contributed by atoms with E-state index in [0.29, 0.717) is 0 Å². The molecule has 1 rings (SSSR count). The lowest BCUT2D eigenvalue weighted by atomic mass is 10.1. The highest BCUT2D eigenvalue weighted by Gasteiger charge is 2.05. The van der Waals surface area contributed by atoms with Gasteiger partial charge in [-0.2, -0.15) is 5.26 Å². The van der Waals surface area contributed by atoms with E-state index >= 15 is 0 Å². The molecule has 0 heterocycles. The standard InChI is InChI=1S/C13H18N2O/c1-11(16)7-8-15(2)10-13-6-4-3-5-12(13)9-14/h3-6,11,16H,7-8,10H2,1-2H3. The molecule has 0 fully saturated rings. The van der Waals surface area contributed by atoms with Crippen LogP contribution in [0.3, 0.4) is 0 Å². The highest BCUT2D eigenvalue weighted by atomic mass is 16.3. The van der Waals surface area contributed by atoms with Gasteiger partial charge in [-0.1, -0.05) is 18.2 Å². The molecule has 0 saturated carbocycles. The van der Waals surface area contributed by atoms with E-state index in [2.05, 4.69) is 11.0 Å². The predicted octanol–water partition coefficient (Wildman–Crippen LogP) is 1.76. The number of nitriles is 1. The molecule has 1 aromatic rings. The van der Waals surface area contributed by atoms with Crippen LogP contribution >= 0.6 is 0 Å². The van der Waals surface area contributed by atoms with Gasteiger partial charge in [0.1, 0.15) is 0 Å².